The van der Waals surface area contributed by atoms with Gasteiger partial charge in [0.15, 0.2) is 5.78 Å². The molecule has 0 atom stereocenters. The minimum atomic E-state index is -0.346. The third-order valence-electron chi connectivity index (χ3n) is 4.33. The summed E-state index contributed by atoms with van der Waals surface area (Å²) in [5, 5.41) is 2.75. The molecule has 0 saturated heterocycles. The maximum atomic E-state index is 12.6. The van der Waals surface area contributed by atoms with Crippen LogP contribution in [0.3, 0.4) is 0 Å². The number of amides is 1. The van der Waals surface area contributed by atoms with E-state index in [1.807, 2.05) is 37.3 Å². The highest BCUT2D eigenvalue weighted by Gasteiger charge is 2.14. The minimum Gasteiger partial charge on any atom is -0.325 e. The lowest BCUT2D eigenvalue weighted by molar-refractivity contribution is -0.116. The van der Waals surface area contributed by atoms with Crippen LogP contribution in [-0.4, -0.2) is 21.2 Å². The Bertz CT molecular complexity index is 1050. The molecule has 0 spiro atoms. The predicted molar refractivity (Wildman–Crippen MR) is 108 cm³/mol. The van der Waals surface area contributed by atoms with Crippen LogP contribution in [0, 0.1) is 0 Å². The van der Waals surface area contributed by atoms with E-state index >= 15 is 0 Å². The number of aromatic nitrogens is 2. The summed E-state index contributed by atoms with van der Waals surface area (Å²) in [4.78, 5) is 41.0. The van der Waals surface area contributed by atoms with Crippen LogP contribution in [-0.2, 0) is 17.8 Å². The number of Topliss-reactive ketones (excluding diaryl/α,β-unsaturated/α-hetero) is 1. The molecular weight excluding hydrogens is 354 g/mol. The Morgan fingerprint density at radius 2 is 1.71 bits per heavy atom. The van der Waals surface area contributed by atoms with E-state index in [1.54, 1.807) is 24.3 Å². The summed E-state index contributed by atoms with van der Waals surface area (Å²) >= 11 is 0. The quantitative estimate of drug-likeness (QED) is 0.670. The van der Waals surface area contributed by atoms with Crippen LogP contribution in [0.25, 0.3) is 11.4 Å². The van der Waals surface area contributed by atoms with Gasteiger partial charge in [-0.1, -0.05) is 37.3 Å². The fourth-order valence-electron chi connectivity index (χ4n) is 2.83. The zero-order chi connectivity index (χ0) is 20.1. The topological polar surface area (TPSA) is 81.1 Å². The Kier molecular flexibility index (Phi) is 5.79. The summed E-state index contributed by atoms with van der Waals surface area (Å²) < 4.78 is 1.37. The molecule has 0 radical (unpaired) electrons. The number of anilines is 1. The number of benzene rings is 2. The van der Waals surface area contributed by atoms with Crippen molar-refractivity contribution in [3.63, 3.8) is 0 Å². The standard InChI is InChI=1S/C22H21N3O3/c1-3-18-13-21(28)25(22(24-18)17-7-5-4-6-8-17)14-20(27)23-19-11-9-16(10-12-19)15(2)26/h4-13H,3,14H2,1-2H3,(H,23,27). The van der Waals surface area contributed by atoms with Gasteiger partial charge in [-0.2, -0.15) is 0 Å². The van der Waals surface area contributed by atoms with Gasteiger partial charge in [-0.25, -0.2) is 4.98 Å². The number of carbonyl (C=O) groups excluding carboxylic acids is 2. The first-order valence-corrected chi connectivity index (χ1v) is 9.05. The molecule has 3 aromatic rings. The molecule has 0 aliphatic carbocycles. The highest BCUT2D eigenvalue weighted by atomic mass is 16.2. The van der Waals surface area contributed by atoms with Crippen molar-refractivity contribution in [3.8, 4) is 11.4 Å². The highest BCUT2D eigenvalue weighted by molar-refractivity contribution is 5.95. The number of aryl methyl sites for hydroxylation is 1. The minimum absolute atomic E-state index is 0.0426. The zero-order valence-electron chi connectivity index (χ0n) is 15.8. The Hall–Kier alpha value is -3.54. The second-order valence-electron chi connectivity index (χ2n) is 6.40. The summed E-state index contributed by atoms with van der Waals surface area (Å²) in [6, 6.07) is 17.4. The number of nitrogens with zero attached hydrogens (tertiary/aromatic N) is 2. The molecule has 6 heteroatoms. The molecule has 6 nitrogen and oxygen atoms in total. The highest BCUT2D eigenvalue weighted by Crippen LogP contribution is 2.16. The number of rotatable bonds is 6. The van der Waals surface area contributed by atoms with E-state index in [0.29, 0.717) is 29.2 Å². The first-order valence-electron chi connectivity index (χ1n) is 9.05. The lowest BCUT2D eigenvalue weighted by Crippen LogP contribution is -2.30. The van der Waals surface area contributed by atoms with Crippen LogP contribution in [0.2, 0.25) is 0 Å². The fraction of sp³-hybridized carbons (Fsp3) is 0.182. The van der Waals surface area contributed by atoms with Crippen LogP contribution >= 0.6 is 0 Å². The van der Waals surface area contributed by atoms with Gasteiger partial charge < -0.3 is 5.32 Å². The predicted octanol–water partition coefficient (Wildman–Crippen LogP) is 3.31. The van der Waals surface area contributed by atoms with E-state index in [1.165, 1.54) is 17.6 Å². The normalized spacial score (nSPS) is 10.5. The van der Waals surface area contributed by atoms with Crippen molar-refractivity contribution in [2.75, 3.05) is 5.32 Å². The molecule has 0 fully saturated rings. The van der Waals surface area contributed by atoms with Crippen molar-refractivity contribution < 1.29 is 9.59 Å². The summed E-state index contributed by atoms with van der Waals surface area (Å²) in [6.45, 7) is 3.25. The molecule has 2 aromatic carbocycles. The molecule has 1 amide bonds. The van der Waals surface area contributed by atoms with Crippen molar-refractivity contribution in [1.29, 1.82) is 0 Å². The summed E-state index contributed by atoms with van der Waals surface area (Å²) in [7, 11) is 0. The van der Waals surface area contributed by atoms with E-state index in [9.17, 15) is 14.4 Å². The number of carbonyl (C=O) groups is 2. The smallest absolute Gasteiger partial charge is 0.254 e. The van der Waals surface area contributed by atoms with Crippen molar-refractivity contribution in [1.82, 2.24) is 9.55 Å². The van der Waals surface area contributed by atoms with E-state index < -0.39 is 0 Å². The molecule has 142 valence electrons. The number of hydrogen-bond acceptors (Lipinski definition) is 4. The number of nitrogens with one attached hydrogen (secondary N) is 1. The van der Waals surface area contributed by atoms with E-state index in [4.69, 9.17) is 0 Å². The monoisotopic (exact) mass is 375 g/mol. The second-order valence-corrected chi connectivity index (χ2v) is 6.40. The molecular formula is C22H21N3O3. The third-order valence-corrected chi connectivity index (χ3v) is 4.33. The summed E-state index contributed by atoms with van der Waals surface area (Å²) in [5.74, 6) is 0.0759. The first kappa shape index (κ1) is 19.2. The van der Waals surface area contributed by atoms with Gasteiger partial charge in [-0.3, -0.25) is 19.0 Å². The summed E-state index contributed by atoms with van der Waals surface area (Å²) in [6.07, 6.45) is 0.630. The van der Waals surface area contributed by atoms with Crippen LogP contribution in [0.15, 0.2) is 65.5 Å². The fourth-order valence-corrected chi connectivity index (χ4v) is 2.83. The van der Waals surface area contributed by atoms with E-state index in [2.05, 4.69) is 10.3 Å². The van der Waals surface area contributed by atoms with Gasteiger partial charge >= 0.3 is 0 Å². The van der Waals surface area contributed by atoms with Crippen molar-refractivity contribution in [2.45, 2.75) is 26.8 Å². The SMILES string of the molecule is CCc1cc(=O)n(CC(=O)Nc2ccc(C(C)=O)cc2)c(-c2ccccc2)n1. The average Bonchev–Trinajstić information content (AvgIpc) is 2.70. The van der Waals surface area contributed by atoms with Crippen LogP contribution < -0.4 is 10.9 Å². The van der Waals surface area contributed by atoms with Gasteiger partial charge in [0, 0.05) is 28.6 Å². The van der Waals surface area contributed by atoms with Crippen molar-refractivity contribution >= 4 is 17.4 Å². The van der Waals surface area contributed by atoms with Gasteiger partial charge in [-0.15, -0.1) is 0 Å². The number of hydrogen-bond donors (Lipinski definition) is 1. The lowest BCUT2D eigenvalue weighted by Gasteiger charge is -2.13. The lowest BCUT2D eigenvalue weighted by atomic mass is 10.1. The van der Waals surface area contributed by atoms with Gasteiger partial charge in [0.25, 0.3) is 5.56 Å². The Morgan fingerprint density at radius 3 is 2.32 bits per heavy atom. The van der Waals surface area contributed by atoms with Crippen LogP contribution in [0.5, 0.6) is 0 Å². The van der Waals surface area contributed by atoms with Gasteiger partial charge in [-0.05, 0) is 37.6 Å². The van der Waals surface area contributed by atoms with Crippen LogP contribution in [0.1, 0.15) is 29.9 Å². The number of ketones is 1. The van der Waals surface area contributed by atoms with Gasteiger partial charge in [0.2, 0.25) is 5.91 Å². The molecule has 0 bridgehead atoms. The second kappa shape index (κ2) is 8.43. The first-order chi connectivity index (χ1) is 13.5. The molecule has 1 N–H and O–H groups in total. The van der Waals surface area contributed by atoms with Gasteiger partial charge in [0.1, 0.15) is 12.4 Å². The summed E-state index contributed by atoms with van der Waals surface area (Å²) in [5.41, 5.74) is 2.31. The Morgan fingerprint density at radius 1 is 1.04 bits per heavy atom. The van der Waals surface area contributed by atoms with Gasteiger partial charge in [0.05, 0.1) is 0 Å². The molecule has 0 unspecified atom stereocenters. The zero-order valence-corrected chi connectivity index (χ0v) is 15.8. The molecule has 3 rings (SSSR count). The molecule has 0 aliphatic heterocycles. The maximum Gasteiger partial charge on any atom is 0.254 e. The Balaban J connectivity index is 1.88. The molecule has 1 aromatic heterocycles. The van der Waals surface area contributed by atoms with Crippen molar-refractivity contribution in [3.05, 3.63) is 82.3 Å². The third kappa shape index (κ3) is 4.40. The van der Waals surface area contributed by atoms with Crippen LogP contribution in [0.4, 0.5) is 5.69 Å². The maximum absolute atomic E-state index is 12.6. The van der Waals surface area contributed by atoms with E-state index in [-0.39, 0.29) is 23.8 Å². The molecule has 28 heavy (non-hydrogen) atoms. The average molecular weight is 375 g/mol. The molecule has 1 heterocycles. The molecule has 0 aliphatic rings. The van der Waals surface area contributed by atoms with E-state index in [0.717, 1.165) is 5.56 Å². The largest absolute Gasteiger partial charge is 0.325 e. The van der Waals surface area contributed by atoms with Crippen molar-refractivity contribution in [2.24, 2.45) is 0 Å². The Labute approximate surface area is 162 Å². The molecule has 0 saturated carbocycles.